The number of aryl methyl sites for hydroxylation is 1. The minimum absolute atomic E-state index is 0.0168. The first kappa shape index (κ1) is 16.2. The number of piperidine rings is 1. The van der Waals surface area contributed by atoms with Crippen LogP contribution in [0.3, 0.4) is 0 Å². The topological polar surface area (TPSA) is 58.4 Å². The van der Waals surface area contributed by atoms with Gasteiger partial charge in [-0.2, -0.15) is 0 Å². The van der Waals surface area contributed by atoms with Crippen LogP contribution in [0.1, 0.15) is 44.4 Å². The highest BCUT2D eigenvalue weighted by molar-refractivity contribution is 5.82. The fourth-order valence-corrected chi connectivity index (χ4v) is 3.75. The first-order valence-electron chi connectivity index (χ1n) is 8.57. The van der Waals surface area contributed by atoms with Crippen molar-refractivity contribution in [2.24, 2.45) is 7.05 Å². The monoisotopic (exact) mass is 318 g/mol. The van der Waals surface area contributed by atoms with Gasteiger partial charge in [-0.25, -0.2) is 4.98 Å². The van der Waals surface area contributed by atoms with Crippen molar-refractivity contribution in [3.8, 4) is 0 Å². The fraction of sp³-hybridized carbons (Fsp3) is 0.706. The molecule has 126 valence electrons. The lowest BCUT2D eigenvalue weighted by molar-refractivity contribution is -0.140. The van der Waals surface area contributed by atoms with Gasteiger partial charge in [-0.15, -0.1) is 0 Å². The standard InChI is InChI=1S/C17H26N4O2/c1-12(2)21-8-5-4-6-15(21)17(23)20-9-7-13-14(10-20)18-11-19(3)16(13)22/h11-12,15H,4-10H2,1-3H3. The van der Waals surface area contributed by atoms with Crippen LogP contribution in [-0.4, -0.2) is 50.4 Å². The highest BCUT2D eigenvalue weighted by atomic mass is 16.2. The highest BCUT2D eigenvalue weighted by Gasteiger charge is 2.35. The molecular formula is C17H26N4O2. The molecule has 1 saturated heterocycles. The smallest absolute Gasteiger partial charge is 0.256 e. The SMILES string of the molecule is CC(C)N1CCCCC1C(=O)N1CCc2c(ncn(C)c2=O)C1. The molecule has 2 aliphatic rings. The number of aromatic nitrogens is 2. The molecule has 2 aliphatic heterocycles. The molecule has 1 aromatic rings. The average molecular weight is 318 g/mol. The number of carbonyl (C=O) groups is 1. The Labute approximate surface area is 137 Å². The Bertz CT molecular complexity index is 652. The summed E-state index contributed by atoms with van der Waals surface area (Å²) in [6.07, 6.45) is 5.38. The number of carbonyl (C=O) groups excluding carboxylic acids is 1. The van der Waals surface area contributed by atoms with Gasteiger partial charge < -0.3 is 9.47 Å². The lowest BCUT2D eigenvalue weighted by atomic mass is 9.97. The van der Waals surface area contributed by atoms with Crippen LogP contribution in [0, 0.1) is 0 Å². The van der Waals surface area contributed by atoms with Crippen LogP contribution in [0.5, 0.6) is 0 Å². The molecule has 6 heteroatoms. The van der Waals surface area contributed by atoms with Gasteiger partial charge in [0, 0.05) is 25.2 Å². The number of nitrogens with zero attached hydrogens (tertiary/aromatic N) is 4. The maximum Gasteiger partial charge on any atom is 0.256 e. The quantitative estimate of drug-likeness (QED) is 0.814. The van der Waals surface area contributed by atoms with Gasteiger partial charge in [0.2, 0.25) is 5.91 Å². The van der Waals surface area contributed by atoms with Crippen LogP contribution < -0.4 is 5.56 Å². The van der Waals surface area contributed by atoms with E-state index in [4.69, 9.17) is 0 Å². The summed E-state index contributed by atoms with van der Waals surface area (Å²) in [4.78, 5) is 33.7. The summed E-state index contributed by atoms with van der Waals surface area (Å²) in [5.74, 6) is 0.200. The van der Waals surface area contributed by atoms with Crippen LogP contribution in [0.4, 0.5) is 0 Å². The zero-order chi connectivity index (χ0) is 16.6. The van der Waals surface area contributed by atoms with Crippen LogP contribution in [-0.2, 0) is 24.8 Å². The van der Waals surface area contributed by atoms with E-state index in [-0.39, 0.29) is 17.5 Å². The van der Waals surface area contributed by atoms with Gasteiger partial charge in [0.15, 0.2) is 0 Å². The number of hydrogen-bond acceptors (Lipinski definition) is 4. The fourth-order valence-electron chi connectivity index (χ4n) is 3.75. The molecule has 0 N–H and O–H groups in total. The second-order valence-electron chi connectivity index (χ2n) is 6.94. The number of amides is 1. The predicted octanol–water partition coefficient (Wildman–Crippen LogP) is 0.928. The Kier molecular flexibility index (Phi) is 4.53. The molecule has 6 nitrogen and oxygen atoms in total. The first-order chi connectivity index (χ1) is 11.0. The van der Waals surface area contributed by atoms with E-state index >= 15 is 0 Å². The molecule has 1 amide bonds. The van der Waals surface area contributed by atoms with E-state index in [2.05, 4.69) is 23.7 Å². The summed E-state index contributed by atoms with van der Waals surface area (Å²) in [5, 5.41) is 0. The normalized spacial score (nSPS) is 22.3. The molecule has 1 unspecified atom stereocenters. The van der Waals surface area contributed by atoms with Gasteiger partial charge in [0.05, 0.1) is 24.6 Å². The van der Waals surface area contributed by atoms with E-state index in [1.54, 1.807) is 13.4 Å². The van der Waals surface area contributed by atoms with Crippen molar-refractivity contribution in [3.05, 3.63) is 27.9 Å². The molecule has 0 radical (unpaired) electrons. The maximum atomic E-state index is 13.0. The summed E-state index contributed by atoms with van der Waals surface area (Å²) >= 11 is 0. The molecular weight excluding hydrogens is 292 g/mol. The molecule has 0 aromatic carbocycles. The Morgan fingerprint density at radius 3 is 2.83 bits per heavy atom. The Balaban J connectivity index is 1.79. The molecule has 0 bridgehead atoms. The molecule has 3 heterocycles. The van der Waals surface area contributed by atoms with E-state index in [0.29, 0.717) is 25.6 Å². The van der Waals surface area contributed by atoms with E-state index in [9.17, 15) is 9.59 Å². The molecule has 0 aliphatic carbocycles. The lowest BCUT2D eigenvalue weighted by Crippen LogP contribution is -2.54. The Morgan fingerprint density at radius 1 is 1.30 bits per heavy atom. The average Bonchev–Trinajstić information content (AvgIpc) is 2.57. The molecule has 1 fully saturated rings. The largest absolute Gasteiger partial charge is 0.335 e. The van der Waals surface area contributed by atoms with Gasteiger partial charge in [0.25, 0.3) is 5.56 Å². The summed E-state index contributed by atoms with van der Waals surface area (Å²) in [6, 6.07) is 0.364. The molecule has 0 spiro atoms. The predicted molar refractivity (Wildman–Crippen MR) is 88.1 cm³/mol. The lowest BCUT2D eigenvalue weighted by Gasteiger charge is -2.40. The highest BCUT2D eigenvalue weighted by Crippen LogP contribution is 2.23. The summed E-state index contributed by atoms with van der Waals surface area (Å²) in [5.41, 5.74) is 1.55. The number of hydrogen-bond donors (Lipinski definition) is 0. The van der Waals surface area contributed by atoms with Crippen LogP contribution in [0.25, 0.3) is 0 Å². The van der Waals surface area contributed by atoms with Crippen LogP contribution in [0.2, 0.25) is 0 Å². The Hall–Kier alpha value is -1.69. The van der Waals surface area contributed by atoms with E-state index < -0.39 is 0 Å². The third-order valence-corrected chi connectivity index (χ3v) is 5.09. The minimum atomic E-state index is -0.0168. The van der Waals surface area contributed by atoms with Crippen LogP contribution in [0.15, 0.2) is 11.1 Å². The number of fused-ring (bicyclic) bond motifs is 1. The van der Waals surface area contributed by atoms with E-state index in [0.717, 1.165) is 30.6 Å². The van der Waals surface area contributed by atoms with Gasteiger partial charge in [-0.1, -0.05) is 6.42 Å². The van der Waals surface area contributed by atoms with Crippen molar-refractivity contribution in [2.75, 3.05) is 13.1 Å². The molecule has 1 aromatic heterocycles. The zero-order valence-electron chi connectivity index (χ0n) is 14.3. The molecule has 1 atom stereocenters. The zero-order valence-corrected chi connectivity index (χ0v) is 14.3. The number of likely N-dealkylation sites (tertiary alicyclic amines) is 1. The van der Waals surface area contributed by atoms with Crippen molar-refractivity contribution >= 4 is 5.91 Å². The second kappa shape index (κ2) is 6.43. The summed E-state index contributed by atoms with van der Waals surface area (Å²) in [7, 11) is 1.72. The van der Waals surface area contributed by atoms with E-state index in [1.165, 1.54) is 11.0 Å². The maximum absolute atomic E-state index is 13.0. The van der Waals surface area contributed by atoms with Crippen LogP contribution >= 0.6 is 0 Å². The summed E-state index contributed by atoms with van der Waals surface area (Å²) < 4.78 is 1.51. The third-order valence-electron chi connectivity index (χ3n) is 5.09. The second-order valence-corrected chi connectivity index (χ2v) is 6.94. The van der Waals surface area contributed by atoms with Crippen molar-refractivity contribution in [3.63, 3.8) is 0 Å². The first-order valence-corrected chi connectivity index (χ1v) is 8.57. The molecule has 0 saturated carbocycles. The van der Waals surface area contributed by atoms with Crippen molar-refractivity contribution in [1.29, 1.82) is 0 Å². The van der Waals surface area contributed by atoms with Gasteiger partial charge in [-0.3, -0.25) is 14.5 Å². The van der Waals surface area contributed by atoms with Crippen molar-refractivity contribution in [1.82, 2.24) is 19.4 Å². The Morgan fingerprint density at radius 2 is 2.09 bits per heavy atom. The third kappa shape index (κ3) is 3.04. The van der Waals surface area contributed by atoms with Gasteiger partial charge in [-0.05, 0) is 39.7 Å². The van der Waals surface area contributed by atoms with Crippen molar-refractivity contribution < 1.29 is 4.79 Å². The molecule has 3 rings (SSSR count). The van der Waals surface area contributed by atoms with Crippen molar-refractivity contribution in [2.45, 2.75) is 58.2 Å². The molecule has 23 heavy (non-hydrogen) atoms. The van der Waals surface area contributed by atoms with Gasteiger partial charge >= 0.3 is 0 Å². The number of rotatable bonds is 2. The van der Waals surface area contributed by atoms with Gasteiger partial charge in [0.1, 0.15) is 0 Å². The summed E-state index contributed by atoms with van der Waals surface area (Å²) in [6.45, 7) is 6.39. The minimum Gasteiger partial charge on any atom is -0.335 e. The van der Waals surface area contributed by atoms with E-state index in [1.807, 2.05) is 4.90 Å².